The number of ether oxygens (including phenoxy) is 1. The van der Waals surface area contributed by atoms with Crippen LogP contribution < -0.4 is 0 Å². The van der Waals surface area contributed by atoms with Crippen molar-refractivity contribution in [2.45, 2.75) is 6.10 Å². The molecule has 0 aliphatic carbocycles. The normalized spacial score (nSPS) is 11.3. The maximum absolute atomic E-state index is 10.8. The maximum atomic E-state index is 10.8. The van der Waals surface area contributed by atoms with Gasteiger partial charge in [-0.1, -0.05) is 41.6 Å². The Balaban J connectivity index is 2.36. The smallest absolute Gasteiger partial charge is 0.269 e. The number of hydrogen-bond acceptors (Lipinski definition) is 3. The fourth-order valence-electron chi connectivity index (χ4n) is 1.78. The van der Waals surface area contributed by atoms with Gasteiger partial charge in [0.05, 0.1) is 4.92 Å². The molecule has 1 atom stereocenters. The first kappa shape index (κ1) is 15.0. The van der Waals surface area contributed by atoms with Gasteiger partial charge in [0.1, 0.15) is 6.10 Å². The molecular weight excluding hydrogens is 290 g/mol. The predicted molar refractivity (Wildman–Crippen MR) is 81.2 cm³/mol. The summed E-state index contributed by atoms with van der Waals surface area (Å²) in [6.07, 6.45) is -0.627. The summed E-state index contributed by atoms with van der Waals surface area (Å²) in [7, 11) is 1.49. The van der Waals surface area contributed by atoms with Gasteiger partial charge in [-0.2, -0.15) is 0 Å². The molecule has 0 amide bonds. The van der Waals surface area contributed by atoms with Gasteiger partial charge in [-0.25, -0.2) is 0 Å². The number of nitrogens with zero attached hydrogens (tertiary/aromatic N) is 1. The van der Waals surface area contributed by atoms with E-state index in [1.165, 1.54) is 25.3 Å². The number of nitro benzene ring substituents is 1. The summed E-state index contributed by atoms with van der Waals surface area (Å²) in [6.45, 7) is 0. The minimum absolute atomic E-state index is 0.0436. The van der Waals surface area contributed by atoms with Crippen LogP contribution in [0.1, 0.15) is 17.2 Å². The number of non-ortho nitro benzene ring substituents is 1. The lowest BCUT2D eigenvalue weighted by atomic mass is 10.1. The second-order valence-electron chi connectivity index (χ2n) is 4.21. The minimum atomic E-state index is -0.627. The number of benzene rings is 2. The van der Waals surface area contributed by atoms with Crippen LogP contribution in [0, 0.1) is 22.0 Å². The van der Waals surface area contributed by atoms with Gasteiger partial charge in [0.25, 0.3) is 5.69 Å². The van der Waals surface area contributed by atoms with Crippen molar-refractivity contribution >= 4 is 17.3 Å². The Morgan fingerprint density at radius 2 is 1.95 bits per heavy atom. The molecular formula is C16H12ClNO3. The first-order valence-electron chi connectivity index (χ1n) is 6.15. The molecule has 0 heterocycles. The molecule has 2 rings (SSSR count). The van der Waals surface area contributed by atoms with E-state index >= 15 is 0 Å². The second kappa shape index (κ2) is 6.89. The van der Waals surface area contributed by atoms with Gasteiger partial charge in [-0.05, 0) is 18.2 Å². The van der Waals surface area contributed by atoms with E-state index in [9.17, 15) is 10.1 Å². The van der Waals surface area contributed by atoms with Crippen LogP contribution >= 0.6 is 11.6 Å². The Bertz CT molecular complexity index is 704. The van der Waals surface area contributed by atoms with Gasteiger partial charge in [0.15, 0.2) is 0 Å². The molecule has 0 aromatic heterocycles. The van der Waals surface area contributed by atoms with E-state index in [4.69, 9.17) is 16.3 Å². The number of hydrogen-bond donors (Lipinski definition) is 0. The van der Waals surface area contributed by atoms with E-state index < -0.39 is 11.0 Å². The fourth-order valence-corrected chi connectivity index (χ4v) is 2.00. The average Bonchev–Trinajstić information content (AvgIpc) is 2.50. The summed E-state index contributed by atoms with van der Waals surface area (Å²) in [5.41, 5.74) is 1.27. The largest absolute Gasteiger partial charge is 0.364 e. The maximum Gasteiger partial charge on any atom is 0.269 e. The molecule has 2 aromatic carbocycles. The number of methoxy groups -OCH3 is 1. The van der Waals surface area contributed by atoms with E-state index in [0.29, 0.717) is 10.6 Å². The van der Waals surface area contributed by atoms with Gasteiger partial charge in [0, 0.05) is 35.4 Å². The van der Waals surface area contributed by atoms with Gasteiger partial charge < -0.3 is 4.74 Å². The Labute approximate surface area is 127 Å². The zero-order valence-electron chi connectivity index (χ0n) is 11.2. The summed E-state index contributed by atoms with van der Waals surface area (Å²) in [5.74, 6) is 5.90. The average molecular weight is 302 g/mol. The monoisotopic (exact) mass is 301 g/mol. The zero-order chi connectivity index (χ0) is 15.2. The molecule has 5 heteroatoms. The van der Waals surface area contributed by atoms with Crippen LogP contribution in [0.4, 0.5) is 5.69 Å². The standard InChI is InChI=1S/C16H12ClNO3/c1-21-16(10-7-12-5-3-2-4-6-12)14-11-13(18(19)20)8-9-15(14)17/h2-6,8-9,11,16H,1H3. The van der Waals surface area contributed by atoms with Crippen LogP contribution in [0.5, 0.6) is 0 Å². The molecule has 0 radical (unpaired) electrons. The van der Waals surface area contributed by atoms with Crippen LogP contribution in [0.25, 0.3) is 0 Å². The highest BCUT2D eigenvalue weighted by Crippen LogP contribution is 2.28. The van der Waals surface area contributed by atoms with Crippen molar-refractivity contribution in [3.05, 3.63) is 74.8 Å². The highest BCUT2D eigenvalue weighted by molar-refractivity contribution is 6.31. The van der Waals surface area contributed by atoms with Gasteiger partial charge in [-0.15, -0.1) is 0 Å². The molecule has 0 N–H and O–H groups in total. The molecule has 0 fully saturated rings. The van der Waals surface area contributed by atoms with Crippen molar-refractivity contribution in [2.24, 2.45) is 0 Å². The Morgan fingerprint density at radius 3 is 2.57 bits per heavy atom. The van der Waals surface area contributed by atoms with Crippen LogP contribution in [-0.4, -0.2) is 12.0 Å². The lowest BCUT2D eigenvalue weighted by Gasteiger charge is -2.10. The van der Waals surface area contributed by atoms with Crippen LogP contribution in [0.3, 0.4) is 0 Å². The van der Waals surface area contributed by atoms with Crippen molar-refractivity contribution < 1.29 is 9.66 Å². The molecule has 2 aromatic rings. The predicted octanol–water partition coefficient (Wildman–Crippen LogP) is 3.99. The first-order chi connectivity index (χ1) is 10.1. The van der Waals surface area contributed by atoms with E-state index in [0.717, 1.165) is 5.56 Å². The van der Waals surface area contributed by atoms with Crippen molar-refractivity contribution in [3.8, 4) is 11.8 Å². The van der Waals surface area contributed by atoms with E-state index in [-0.39, 0.29) is 5.69 Å². The summed E-state index contributed by atoms with van der Waals surface area (Å²) in [4.78, 5) is 10.4. The van der Waals surface area contributed by atoms with E-state index in [1.54, 1.807) is 0 Å². The first-order valence-corrected chi connectivity index (χ1v) is 6.53. The Hall–Kier alpha value is -2.35. The van der Waals surface area contributed by atoms with E-state index in [1.807, 2.05) is 30.3 Å². The minimum Gasteiger partial charge on any atom is -0.364 e. The molecule has 4 nitrogen and oxygen atoms in total. The summed E-state index contributed by atoms with van der Waals surface area (Å²) in [5, 5.41) is 11.2. The molecule has 0 aliphatic rings. The third kappa shape index (κ3) is 3.82. The SMILES string of the molecule is COC(C#Cc1ccccc1)c1cc([N+](=O)[O-])ccc1Cl. The van der Waals surface area contributed by atoms with Gasteiger partial charge in [-0.3, -0.25) is 10.1 Å². The van der Waals surface area contributed by atoms with Crippen LogP contribution in [-0.2, 0) is 4.74 Å². The molecule has 0 bridgehead atoms. The summed E-state index contributed by atoms with van der Waals surface area (Å²) < 4.78 is 5.29. The van der Waals surface area contributed by atoms with Crippen molar-refractivity contribution in [3.63, 3.8) is 0 Å². The Kier molecular flexibility index (Phi) is 4.94. The zero-order valence-corrected chi connectivity index (χ0v) is 12.0. The highest BCUT2D eigenvalue weighted by Gasteiger charge is 2.16. The molecule has 1 unspecified atom stereocenters. The van der Waals surface area contributed by atoms with Crippen LogP contribution in [0.2, 0.25) is 5.02 Å². The molecule has 106 valence electrons. The Morgan fingerprint density at radius 1 is 1.24 bits per heavy atom. The van der Waals surface area contributed by atoms with Crippen molar-refractivity contribution in [1.29, 1.82) is 0 Å². The highest BCUT2D eigenvalue weighted by atomic mass is 35.5. The lowest BCUT2D eigenvalue weighted by Crippen LogP contribution is -2.01. The topological polar surface area (TPSA) is 52.4 Å². The summed E-state index contributed by atoms with van der Waals surface area (Å²) >= 11 is 6.09. The number of rotatable bonds is 3. The molecule has 0 saturated heterocycles. The number of nitro groups is 1. The molecule has 0 spiro atoms. The van der Waals surface area contributed by atoms with Crippen molar-refractivity contribution in [2.75, 3.05) is 7.11 Å². The van der Waals surface area contributed by atoms with Crippen molar-refractivity contribution in [1.82, 2.24) is 0 Å². The third-order valence-corrected chi connectivity index (χ3v) is 3.17. The third-order valence-electron chi connectivity index (χ3n) is 2.83. The quantitative estimate of drug-likeness (QED) is 0.489. The molecule has 0 aliphatic heterocycles. The van der Waals surface area contributed by atoms with Gasteiger partial charge >= 0.3 is 0 Å². The van der Waals surface area contributed by atoms with Crippen LogP contribution in [0.15, 0.2) is 48.5 Å². The second-order valence-corrected chi connectivity index (χ2v) is 4.62. The molecule has 0 saturated carbocycles. The fraction of sp³-hybridized carbons (Fsp3) is 0.125. The lowest BCUT2D eigenvalue weighted by molar-refractivity contribution is -0.385. The molecule has 21 heavy (non-hydrogen) atoms. The van der Waals surface area contributed by atoms with E-state index in [2.05, 4.69) is 11.8 Å². The van der Waals surface area contributed by atoms with Gasteiger partial charge in [0.2, 0.25) is 0 Å². The summed E-state index contributed by atoms with van der Waals surface area (Å²) in [6, 6.07) is 13.6. The number of halogens is 1.